The Bertz CT molecular complexity index is 604. The van der Waals surface area contributed by atoms with Gasteiger partial charge in [0.2, 0.25) is 0 Å². The van der Waals surface area contributed by atoms with E-state index >= 15 is 0 Å². The fourth-order valence-electron chi connectivity index (χ4n) is 3.14. The number of carboxylic acid groups (broad SMARTS) is 1. The molecular weight excluding hydrogens is 319 g/mol. The normalized spacial score (nSPS) is 24.6. The predicted molar refractivity (Wildman–Crippen MR) is 72.9 cm³/mol. The van der Waals surface area contributed by atoms with Crippen LogP contribution in [-0.2, 0) is 17.6 Å². The fourth-order valence-corrected chi connectivity index (χ4v) is 4.36. The van der Waals surface area contributed by atoms with Gasteiger partial charge in [0.15, 0.2) is 0 Å². The maximum Gasteiger partial charge on any atom is 0.394 e. The first-order valence-electron chi connectivity index (χ1n) is 6.97. The van der Waals surface area contributed by atoms with Crippen molar-refractivity contribution in [2.45, 2.75) is 25.4 Å². The van der Waals surface area contributed by atoms with E-state index in [-0.39, 0.29) is 6.54 Å². The lowest BCUT2D eigenvalue weighted by atomic mass is 9.96. The van der Waals surface area contributed by atoms with Gasteiger partial charge in [0.05, 0.1) is 16.7 Å². The molecule has 0 bridgehead atoms. The summed E-state index contributed by atoms with van der Waals surface area (Å²) in [5.41, 5.74) is 1.09. The molecule has 1 aliphatic heterocycles. The van der Waals surface area contributed by atoms with Gasteiger partial charge in [-0.3, -0.25) is 9.59 Å². The molecule has 3 rings (SSSR count). The number of thiophene rings is 1. The first-order valence-corrected chi connectivity index (χ1v) is 7.79. The zero-order valence-electron chi connectivity index (χ0n) is 11.5. The van der Waals surface area contributed by atoms with E-state index in [9.17, 15) is 22.8 Å². The van der Waals surface area contributed by atoms with E-state index in [2.05, 4.69) is 0 Å². The van der Waals surface area contributed by atoms with Crippen molar-refractivity contribution in [2.24, 2.45) is 11.8 Å². The summed E-state index contributed by atoms with van der Waals surface area (Å²) in [6.07, 6.45) is -1.79. The number of nitrogens with zero attached hydrogens (tertiary/aromatic N) is 1. The Kier molecular flexibility index (Phi) is 3.66. The largest absolute Gasteiger partial charge is 0.481 e. The number of fused-ring (bicyclic) bond motifs is 1. The summed E-state index contributed by atoms with van der Waals surface area (Å²) < 4.78 is 38.8. The average Bonchev–Trinajstić information content (AvgIpc) is 3.10. The van der Waals surface area contributed by atoms with Crippen molar-refractivity contribution in [3.05, 3.63) is 21.4 Å². The van der Waals surface area contributed by atoms with Crippen LogP contribution in [0.15, 0.2) is 6.07 Å². The zero-order chi connectivity index (χ0) is 16.1. The zero-order valence-corrected chi connectivity index (χ0v) is 12.3. The number of halogens is 3. The van der Waals surface area contributed by atoms with Gasteiger partial charge in [-0.2, -0.15) is 13.2 Å². The van der Waals surface area contributed by atoms with Crippen molar-refractivity contribution in [3.8, 4) is 0 Å². The van der Waals surface area contributed by atoms with E-state index < -0.39 is 36.4 Å². The minimum absolute atomic E-state index is 0.388. The van der Waals surface area contributed by atoms with Crippen LogP contribution in [-0.4, -0.2) is 41.1 Å². The minimum Gasteiger partial charge on any atom is -0.481 e. The minimum atomic E-state index is -4.62. The topological polar surface area (TPSA) is 57.6 Å². The highest BCUT2D eigenvalue weighted by molar-refractivity contribution is 7.14. The molecule has 1 aliphatic carbocycles. The standard InChI is InChI=1S/C14H14F3NO3S/c15-14(16,17)9-6-18(5-8(9)13(20)21)12(19)11-4-7-2-1-3-10(7)22-11/h4,8-9H,1-3,5-6H2,(H,20,21)/t8-,9-/m1/s1. The Morgan fingerprint density at radius 1 is 1.27 bits per heavy atom. The molecular formula is C14H14F3NO3S. The molecule has 4 nitrogen and oxygen atoms in total. The third kappa shape index (κ3) is 2.60. The molecule has 2 heterocycles. The van der Waals surface area contributed by atoms with Crippen molar-refractivity contribution in [1.29, 1.82) is 0 Å². The van der Waals surface area contributed by atoms with Crippen LogP contribution in [0.4, 0.5) is 13.2 Å². The van der Waals surface area contributed by atoms with Gasteiger partial charge >= 0.3 is 12.1 Å². The summed E-state index contributed by atoms with van der Waals surface area (Å²) in [6, 6.07) is 1.74. The third-order valence-corrected chi connectivity index (χ3v) is 5.53. The second-order valence-corrected chi connectivity index (χ2v) is 6.85. The molecule has 0 unspecified atom stereocenters. The van der Waals surface area contributed by atoms with Gasteiger partial charge in [0, 0.05) is 18.0 Å². The highest BCUT2D eigenvalue weighted by Gasteiger charge is 2.53. The van der Waals surface area contributed by atoms with E-state index in [1.165, 1.54) is 11.3 Å². The first-order chi connectivity index (χ1) is 10.3. The van der Waals surface area contributed by atoms with Crippen LogP contribution >= 0.6 is 11.3 Å². The van der Waals surface area contributed by atoms with Crippen molar-refractivity contribution < 1.29 is 27.9 Å². The number of aliphatic carboxylic acids is 1. The quantitative estimate of drug-likeness (QED) is 0.905. The molecule has 8 heteroatoms. The first kappa shape index (κ1) is 15.3. The molecule has 1 aromatic rings. The number of carbonyl (C=O) groups is 2. The number of rotatable bonds is 2. The molecule has 1 amide bonds. The molecule has 2 atom stereocenters. The second kappa shape index (κ2) is 5.26. The van der Waals surface area contributed by atoms with Gasteiger partial charge in [-0.25, -0.2) is 0 Å². The number of aryl methyl sites for hydroxylation is 2. The predicted octanol–water partition coefficient (Wildman–Crippen LogP) is 2.57. The number of hydrogen-bond acceptors (Lipinski definition) is 3. The van der Waals surface area contributed by atoms with Crippen LogP contribution in [0.25, 0.3) is 0 Å². The summed E-state index contributed by atoms with van der Waals surface area (Å²) >= 11 is 1.32. The van der Waals surface area contributed by atoms with Crippen LogP contribution in [0.5, 0.6) is 0 Å². The molecule has 2 aliphatic rings. The Hall–Kier alpha value is -1.57. The van der Waals surface area contributed by atoms with Crippen molar-refractivity contribution in [1.82, 2.24) is 4.90 Å². The number of carbonyl (C=O) groups excluding carboxylic acids is 1. The summed E-state index contributed by atoms with van der Waals surface area (Å²) in [6.45, 7) is -0.969. The lowest BCUT2D eigenvalue weighted by Gasteiger charge is -2.18. The summed E-state index contributed by atoms with van der Waals surface area (Å²) in [7, 11) is 0. The fraction of sp³-hybridized carbons (Fsp3) is 0.571. The van der Waals surface area contributed by atoms with E-state index in [1.54, 1.807) is 6.07 Å². The van der Waals surface area contributed by atoms with Gasteiger partial charge in [0.1, 0.15) is 0 Å². The summed E-state index contributed by atoms with van der Waals surface area (Å²) in [4.78, 5) is 26.0. The maximum atomic E-state index is 12.9. The highest BCUT2D eigenvalue weighted by Crippen LogP contribution is 2.39. The van der Waals surface area contributed by atoms with Crippen molar-refractivity contribution in [2.75, 3.05) is 13.1 Å². The van der Waals surface area contributed by atoms with E-state index in [4.69, 9.17) is 5.11 Å². The smallest absolute Gasteiger partial charge is 0.394 e. The van der Waals surface area contributed by atoms with Crippen LogP contribution in [0.1, 0.15) is 26.5 Å². The monoisotopic (exact) mass is 333 g/mol. The molecule has 1 aromatic heterocycles. The lowest BCUT2D eigenvalue weighted by molar-refractivity contribution is -0.187. The molecule has 22 heavy (non-hydrogen) atoms. The number of carboxylic acids is 1. The number of hydrogen-bond donors (Lipinski definition) is 1. The second-order valence-electron chi connectivity index (χ2n) is 5.72. The van der Waals surface area contributed by atoms with Gasteiger partial charge in [-0.15, -0.1) is 11.3 Å². The maximum absolute atomic E-state index is 12.9. The van der Waals surface area contributed by atoms with E-state index in [0.717, 1.165) is 34.6 Å². The van der Waals surface area contributed by atoms with Crippen LogP contribution in [0.2, 0.25) is 0 Å². The van der Waals surface area contributed by atoms with Gasteiger partial charge < -0.3 is 10.0 Å². The average molecular weight is 333 g/mol. The Morgan fingerprint density at radius 2 is 2.00 bits per heavy atom. The number of likely N-dealkylation sites (tertiary alicyclic amines) is 1. The molecule has 1 N–H and O–H groups in total. The number of amides is 1. The highest BCUT2D eigenvalue weighted by atomic mass is 32.1. The van der Waals surface area contributed by atoms with E-state index in [0.29, 0.717) is 4.88 Å². The van der Waals surface area contributed by atoms with Crippen LogP contribution in [0.3, 0.4) is 0 Å². The van der Waals surface area contributed by atoms with Gasteiger partial charge in [-0.1, -0.05) is 0 Å². The third-order valence-electron chi connectivity index (χ3n) is 4.30. The van der Waals surface area contributed by atoms with Gasteiger partial charge in [-0.05, 0) is 30.9 Å². The Balaban J connectivity index is 1.80. The molecule has 120 valence electrons. The van der Waals surface area contributed by atoms with Crippen molar-refractivity contribution >= 4 is 23.2 Å². The van der Waals surface area contributed by atoms with Gasteiger partial charge in [0.25, 0.3) is 5.91 Å². The van der Waals surface area contributed by atoms with Crippen LogP contribution in [0, 0.1) is 11.8 Å². The van der Waals surface area contributed by atoms with E-state index in [1.807, 2.05) is 0 Å². The van der Waals surface area contributed by atoms with Crippen LogP contribution < -0.4 is 0 Å². The summed E-state index contributed by atoms with van der Waals surface area (Å²) in [5, 5.41) is 8.98. The number of alkyl halides is 3. The Labute approximate surface area is 128 Å². The SMILES string of the molecule is O=C(O)[C@@H]1CN(C(=O)c2cc3c(s2)CCC3)C[C@H]1C(F)(F)F. The Morgan fingerprint density at radius 3 is 2.55 bits per heavy atom. The molecule has 0 radical (unpaired) electrons. The molecule has 0 aromatic carbocycles. The lowest BCUT2D eigenvalue weighted by Crippen LogP contribution is -2.34. The molecule has 1 saturated heterocycles. The molecule has 0 saturated carbocycles. The molecule has 0 spiro atoms. The summed E-state index contributed by atoms with van der Waals surface area (Å²) in [5.74, 6) is -5.58. The van der Waals surface area contributed by atoms with Crippen molar-refractivity contribution in [3.63, 3.8) is 0 Å². The molecule has 1 fully saturated rings.